The molecule has 0 spiro atoms. The van der Waals surface area contributed by atoms with Crippen molar-refractivity contribution in [3.63, 3.8) is 0 Å². The molecule has 2 heterocycles. The number of hydrogen-bond acceptors (Lipinski definition) is 6. The molecule has 0 unspecified atom stereocenters. The monoisotopic (exact) mass is 459 g/mol. The quantitative estimate of drug-likeness (QED) is 0.601. The van der Waals surface area contributed by atoms with Crippen LogP contribution in [-0.2, 0) is 14.8 Å². The molecule has 0 saturated carbocycles. The van der Waals surface area contributed by atoms with Crippen LogP contribution in [0, 0.1) is 12.8 Å². The third-order valence-electron chi connectivity index (χ3n) is 5.46. The number of nitrogens with one attached hydrogen (secondary N) is 1. The number of amides is 1. The first-order chi connectivity index (χ1) is 14.9. The maximum absolute atomic E-state index is 13.2. The van der Waals surface area contributed by atoms with Crippen molar-refractivity contribution in [2.75, 3.05) is 25.0 Å². The van der Waals surface area contributed by atoms with Gasteiger partial charge in [0.05, 0.1) is 22.1 Å². The molecule has 2 aromatic carbocycles. The lowest BCUT2D eigenvalue weighted by Crippen LogP contribution is -2.43. The van der Waals surface area contributed by atoms with Gasteiger partial charge in [-0.1, -0.05) is 0 Å². The fourth-order valence-electron chi connectivity index (χ4n) is 3.82. The smallest absolute Gasteiger partial charge is 0.243 e. The Bertz CT molecular complexity index is 1210. The van der Waals surface area contributed by atoms with E-state index in [1.54, 1.807) is 24.4 Å². The zero-order valence-electron chi connectivity index (χ0n) is 17.5. The van der Waals surface area contributed by atoms with Crippen molar-refractivity contribution < 1.29 is 17.9 Å². The Morgan fingerprint density at radius 3 is 2.90 bits per heavy atom. The number of carbonyl (C=O) groups excluding carboxylic acids is 1. The largest absolute Gasteiger partial charge is 0.494 e. The van der Waals surface area contributed by atoms with Crippen molar-refractivity contribution in [1.82, 2.24) is 8.68 Å². The molecule has 1 aliphatic heterocycles. The van der Waals surface area contributed by atoms with Crippen LogP contribution in [0.25, 0.3) is 10.1 Å². The fraction of sp³-hybridized carbons (Fsp3) is 0.364. The second-order valence-corrected chi connectivity index (χ2v) is 10.4. The zero-order chi connectivity index (χ0) is 22.0. The van der Waals surface area contributed by atoms with Gasteiger partial charge in [0.15, 0.2) is 0 Å². The summed E-state index contributed by atoms with van der Waals surface area (Å²) >= 11 is 1.40. The Morgan fingerprint density at radius 2 is 2.13 bits per heavy atom. The van der Waals surface area contributed by atoms with Gasteiger partial charge in [0.25, 0.3) is 0 Å². The van der Waals surface area contributed by atoms with E-state index in [0.29, 0.717) is 37.4 Å². The second-order valence-electron chi connectivity index (χ2n) is 7.63. The SMILES string of the molecule is CCOc1ccc(S(=O)(=O)N2CCC[C@@H](C(=O)Nc3ccc4sncc4c3)C2)cc1C. The molecule has 1 fully saturated rings. The van der Waals surface area contributed by atoms with Gasteiger partial charge in [0.1, 0.15) is 5.75 Å². The summed E-state index contributed by atoms with van der Waals surface area (Å²) < 4.78 is 38.5. The van der Waals surface area contributed by atoms with Gasteiger partial charge < -0.3 is 10.1 Å². The number of ether oxygens (including phenoxy) is 1. The number of aryl methyl sites for hydroxylation is 1. The lowest BCUT2D eigenvalue weighted by molar-refractivity contribution is -0.120. The molecule has 3 aromatic rings. The van der Waals surface area contributed by atoms with Crippen LogP contribution in [0.2, 0.25) is 0 Å². The summed E-state index contributed by atoms with van der Waals surface area (Å²) in [5, 5.41) is 3.91. The molecule has 1 N–H and O–H groups in total. The number of sulfonamides is 1. The minimum Gasteiger partial charge on any atom is -0.494 e. The van der Waals surface area contributed by atoms with Crippen molar-refractivity contribution in [1.29, 1.82) is 0 Å². The first-order valence-electron chi connectivity index (χ1n) is 10.3. The van der Waals surface area contributed by atoms with E-state index in [1.807, 2.05) is 32.0 Å². The van der Waals surface area contributed by atoms with Crippen LogP contribution in [0.4, 0.5) is 5.69 Å². The fourth-order valence-corrected chi connectivity index (χ4v) is 6.05. The third kappa shape index (κ3) is 4.58. The maximum atomic E-state index is 13.2. The second kappa shape index (κ2) is 8.94. The standard InChI is InChI=1S/C22H25N3O4S2/c1-3-29-20-8-7-19(11-15(20)2)31(27,28)25-10-4-5-16(14-25)22(26)24-18-6-9-21-17(12-18)13-23-30-21/h6-9,11-13,16H,3-5,10,14H2,1-2H3,(H,24,26)/t16-/m1/s1. The number of nitrogens with zero attached hydrogens (tertiary/aromatic N) is 2. The van der Waals surface area contributed by atoms with E-state index in [-0.39, 0.29) is 17.3 Å². The van der Waals surface area contributed by atoms with Crippen LogP contribution in [0.15, 0.2) is 47.5 Å². The molecular weight excluding hydrogens is 434 g/mol. The minimum absolute atomic E-state index is 0.162. The zero-order valence-corrected chi connectivity index (χ0v) is 19.1. The molecule has 0 aliphatic carbocycles. The molecule has 1 aromatic heterocycles. The normalized spacial score (nSPS) is 17.5. The van der Waals surface area contributed by atoms with Gasteiger partial charge in [-0.15, -0.1) is 0 Å². The lowest BCUT2D eigenvalue weighted by Gasteiger charge is -2.31. The summed E-state index contributed by atoms with van der Waals surface area (Å²) in [5.74, 6) is 0.115. The number of aromatic nitrogens is 1. The Hall–Kier alpha value is -2.49. The number of fused-ring (bicyclic) bond motifs is 1. The van der Waals surface area contributed by atoms with E-state index in [0.717, 1.165) is 15.6 Å². The van der Waals surface area contributed by atoms with E-state index >= 15 is 0 Å². The molecular formula is C22H25N3O4S2. The predicted molar refractivity (Wildman–Crippen MR) is 122 cm³/mol. The molecule has 4 rings (SSSR count). The van der Waals surface area contributed by atoms with E-state index in [9.17, 15) is 13.2 Å². The molecule has 9 heteroatoms. The van der Waals surface area contributed by atoms with Crippen molar-refractivity contribution >= 4 is 43.2 Å². The highest BCUT2D eigenvalue weighted by Gasteiger charge is 2.33. The van der Waals surface area contributed by atoms with Crippen LogP contribution in [0.3, 0.4) is 0 Å². The topological polar surface area (TPSA) is 88.6 Å². The van der Waals surface area contributed by atoms with Gasteiger partial charge in [-0.25, -0.2) is 8.42 Å². The summed E-state index contributed by atoms with van der Waals surface area (Å²) in [6.45, 7) is 4.81. The molecule has 0 bridgehead atoms. The summed E-state index contributed by atoms with van der Waals surface area (Å²) in [5.41, 5.74) is 1.47. The number of benzene rings is 2. The maximum Gasteiger partial charge on any atom is 0.243 e. The summed E-state index contributed by atoms with van der Waals surface area (Å²) in [6.07, 6.45) is 3.06. The van der Waals surface area contributed by atoms with Crippen molar-refractivity contribution in [2.24, 2.45) is 5.92 Å². The van der Waals surface area contributed by atoms with Gasteiger partial charge in [-0.3, -0.25) is 4.79 Å². The van der Waals surface area contributed by atoms with Crippen LogP contribution >= 0.6 is 11.5 Å². The van der Waals surface area contributed by atoms with Gasteiger partial charge in [-0.2, -0.15) is 8.68 Å². The predicted octanol–water partition coefficient (Wildman–Crippen LogP) is 4.04. The highest BCUT2D eigenvalue weighted by molar-refractivity contribution is 7.89. The molecule has 7 nitrogen and oxygen atoms in total. The lowest BCUT2D eigenvalue weighted by atomic mass is 9.98. The Kier molecular flexibility index (Phi) is 6.27. The number of rotatable bonds is 6. The van der Waals surface area contributed by atoms with E-state index in [4.69, 9.17) is 4.74 Å². The minimum atomic E-state index is -3.69. The van der Waals surface area contributed by atoms with E-state index in [1.165, 1.54) is 15.8 Å². The van der Waals surface area contributed by atoms with Crippen LogP contribution in [0.5, 0.6) is 5.75 Å². The van der Waals surface area contributed by atoms with Crippen molar-refractivity contribution in [3.05, 3.63) is 48.2 Å². The van der Waals surface area contributed by atoms with Gasteiger partial charge in [-0.05, 0) is 80.2 Å². The number of anilines is 1. The molecule has 1 amide bonds. The summed E-state index contributed by atoms with van der Waals surface area (Å²) in [4.78, 5) is 13.1. The van der Waals surface area contributed by atoms with Crippen molar-refractivity contribution in [3.8, 4) is 5.75 Å². The first-order valence-corrected chi connectivity index (χ1v) is 12.5. The Labute approximate surface area is 186 Å². The van der Waals surface area contributed by atoms with Gasteiger partial charge in [0, 0.05) is 30.4 Å². The number of piperidine rings is 1. The summed E-state index contributed by atoms with van der Waals surface area (Å²) in [7, 11) is -3.69. The Morgan fingerprint density at radius 1 is 1.29 bits per heavy atom. The average Bonchev–Trinajstić information content (AvgIpc) is 3.23. The van der Waals surface area contributed by atoms with Crippen molar-refractivity contribution in [2.45, 2.75) is 31.6 Å². The molecule has 1 saturated heterocycles. The molecule has 31 heavy (non-hydrogen) atoms. The number of hydrogen-bond donors (Lipinski definition) is 1. The van der Waals surface area contributed by atoms with Gasteiger partial charge in [0.2, 0.25) is 15.9 Å². The van der Waals surface area contributed by atoms with Crippen LogP contribution in [-0.4, -0.2) is 42.7 Å². The average molecular weight is 460 g/mol. The third-order valence-corrected chi connectivity index (χ3v) is 8.10. The highest BCUT2D eigenvalue weighted by Crippen LogP contribution is 2.28. The molecule has 164 valence electrons. The van der Waals surface area contributed by atoms with E-state index < -0.39 is 15.9 Å². The van der Waals surface area contributed by atoms with Crippen LogP contribution < -0.4 is 10.1 Å². The highest BCUT2D eigenvalue weighted by atomic mass is 32.2. The number of carbonyl (C=O) groups is 1. The molecule has 1 aliphatic rings. The summed E-state index contributed by atoms with van der Waals surface area (Å²) in [6, 6.07) is 10.5. The van der Waals surface area contributed by atoms with E-state index in [2.05, 4.69) is 9.69 Å². The first kappa shape index (κ1) is 21.7. The molecule has 1 atom stereocenters. The van der Waals surface area contributed by atoms with Crippen LogP contribution in [0.1, 0.15) is 25.3 Å². The Balaban J connectivity index is 1.48. The molecule has 0 radical (unpaired) electrons. The van der Waals surface area contributed by atoms with Gasteiger partial charge >= 0.3 is 0 Å².